The fourth-order valence-electron chi connectivity index (χ4n) is 3.44. The zero-order valence-electron chi connectivity index (χ0n) is 17.9. The van der Waals surface area contributed by atoms with Gasteiger partial charge in [0.05, 0.1) is 5.39 Å². The Morgan fingerprint density at radius 1 is 0.938 bits per heavy atom. The number of benzene rings is 3. The minimum absolute atomic E-state index is 0.156. The van der Waals surface area contributed by atoms with Gasteiger partial charge in [0.25, 0.3) is 0 Å². The highest BCUT2D eigenvalue weighted by atomic mass is 35.5. The van der Waals surface area contributed by atoms with E-state index in [1.54, 1.807) is 30.3 Å². The Labute approximate surface area is 190 Å². The summed E-state index contributed by atoms with van der Waals surface area (Å²) >= 11 is 5.86. The zero-order chi connectivity index (χ0) is 22.8. The van der Waals surface area contributed by atoms with Crippen molar-refractivity contribution in [2.45, 2.75) is 20.8 Å². The number of rotatable bonds is 5. The molecule has 6 heteroatoms. The summed E-state index contributed by atoms with van der Waals surface area (Å²) in [6.07, 6.45) is 0. The van der Waals surface area contributed by atoms with Gasteiger partial charge in [-0.2, -0.15) is 0 Å². The number of ether oxygens (including phenoxy) is 2. The lowest BCUT2D eigenvalue weighted by Crippen LogP contribution is -2.22. The molecular weight excluding hydrogens is 428 g/mol. The summed E-state index contributed by atoms with van der Waals surface area (Å²) in [5, 5.41) is 0.918. The Bertz CT molecular complexity index is 1350. The molecule has 5 nitrogen and oxygen atoms in total. The molecule has 0 N–H and O–H groups in total. The Morgan fingerprint density at radius 3 is 2.31 bits per heavy atom. The molecule has 0 aliphatic heterocycles. The van der Waals surface area contributed by atoms with Crippen LogP contribution in [0.1, 0.15) is 16.7 Å². The smallest absolute Gasteiger partial charge is 0.349 e. The highest BCUT2D eigenvalue weighted by molar-refractivity contribution is 6.30. The third kappa shape index (κ3) is 4.53. The van der Waals surface area contributed by atoms with E-state index in [0.29, 0.717) is 27.3 Å². The molecule has 0 fully saturated rings. The van der Waals surface area contributed by atoms with E-state index in [1.807, 2.05) is 51.1 Å². The predicted molar refractivity (Wildman–Crippen MR) is 125 cm³/mol. The Morgan fingerprint density at radius 2 is 1.62 bits per heavy atom. The van der Waals surface area contributed by atoms with Gasteiger partial charge in [0.2, 0.25) is 11.2 Å². The van der Waals surface area contributed by atoms with Crippen molar-refractivity contribution >= 4 is 28.5 Å². The van der Waals surface area contributed by atoms with Gasteiger partial charge in [-0.3, -0.25) is 4.79 Å². The number of carbonyl (C=O) groups excluding carboxylic acids is 1. The Kier molecular flexibility index (Phi) is 6.01. The van der Waals surface area contributed by atoms with Crippen LogP contribution in [-0.4, -0.2) is 12.6 Å². The summed E-state index contributed by atoms with van der Waals surface area (Å²) in [4.78, 5) is 25.9. The lowest BCUT2D eigenvalue weighted by Gasteiger charge is -2.13. The highest BCUT2D eigenvalue weighted by Crippen LogP contribution is 2.33. The summed E-state index contributed by atoms with van der Waals surface area (Å²) in [6.45, 7) is 5.36. The van der Waals surface area contributed by atoms with Crippen LogP contribution in [-0.2, 0) is 4.79 Å². The maximum absolute atomic E-state index is 13.3. The summed E-state index contributed by atoms with van der Waals surface area (Å²) in [5.41, 5.74) is 3.49. The maximum atomic E-state index is 13.3. The summed E-state index contributed by atoms with van der Waals surface area (Å²) in [5.74, 6) is -0.211. The second-order valence-electron chi connectivity index (χ2n) is 7.63. The Balaban J connectivity index is 1.74. The van der Waals surface area contributed by atoms with Crippen LogP contribution >= 0.6 is 11.6 Å². The number of hydrogen-bond donors (Lipinski definition) is 0. The van der Waals surface area contributed by atoms with Crippen LogP contribution in [0, 0.1) is 20.8 Å². The van der Waals surface area contributed by atoms with E-state index in [9.17, 15) is 9.59 Å². The SMILES string of the molecule is Cc1ccc(-c2oc3c(C)cc(C)cc3c(=O)c2OC(=O)COc2ccc(Cl)cc2)cc1. The molecule has 32 heavy (non-hydrogen) atoms. The summed E-state index contributed by atoms with van der Waals surface area (Å²) < 4.78 is 17.1. The first-order valence-electron chi connectivity index (χ1n) is 10.1. The van der Waals surface area contributed by atoms with Crippen molar-refractivity contribution in [3.05, 3.63) is 92.6 Å². The first kappa shape index (κ1) is 21.7. The molecule has 0 spiro atoms. The molecule has 0 aliphatic rings. The standard InChI is InChI=1S/C26H21ClO5/c1-15-4-6-18(7-5-15)25-26(23(29)21-13-16(2)12-17(3)24(21)32-25)31-22(28)14-30-20-10-8-19(27)9-11-20/h4-13H,14H2,1-3H3. The molecule has 1 aromatic heterocycles. The van der Waals surface area contributed by atoms with Gasteiger partial charge < -0.3 is 13.9 Å². The monoisotopic (exact) mass is 448 g/mol. The van der Waals surface area contributed by atoms with Crippen LogP contribution in [0.15, 0.2) is 69.9 Å². The molecule has 1 heterocycles. The second kappa shape index (κ2) is 8.89. The predicted octanol–water partition coefficient (Wildman–Crippen LogP) is 6.02. The van der Waals surface area contributed by atoms with Crippen molar-refractivity contribution in [3.63, 3.8) is 0 Å². The number of esters is 1. The van der Waals surface area contributed by atoms with Gasteiger partial charge in [-0.05, 0) is 62.2 Å². The van der Waals surface area contributed by atoms with E-state index < -0.39 is 11.4 Å². The van der Waals surface area contributed by atoms with Gasteiger partial charge in [-0.15, -0.1) is 0 Å². The molecule has 0 atom stereocenters. The molecule has 3 aromatic carbocycles. The minimum Gasteiger partial charge on any atom is -0.482 e. The van der Waals surface area contributed by atoms with Gasteiger partial charge in [0, 0.05) is 10.6 Å². The Hall–Kier alpha value is -3.57. The fourth-order valence-corrected chi connectivity index (χ4v) is 3.56. The van der Waals surface area contributed by atoms with Crippen molar-refractivity contribution in [1.82, 2.24) is 0 Å². The topological polar surface area (TPSA) is 65.7 Å². The van der Waals surface area contributed by atoms with E-state index in [4.69, 9.17) is 25.5 Å². The molecule has 0 bridgehead atoms. The third-order valence-corrected chi connectivity index (χ3v) is 5.23. The van der Waals surface area contributed by atoms with Crippen molar-refractivity contribution in [3.8, 4) is 22.8 Å². The second-order valence-corrected chi connectivity index (χ2v) is 8.07. The average molecular weight is 449 g/mol. The first-order chi connectivity index (χ1) is 15.3. The van der Waals surface area contributed by atoms with Gasteiger partial charge in [-0.25, -0.2) is 4.79 Å². The van der Waals surface area contributed by atoms with Gasteiger partial charge in [0.1, 0.15) is 11.3 Å². The molecule has 162 valence electrons. The number of carbonyl (C=O) groups is 1. The first-order valence-corrected chi connectivity index (χ1v) is 10.4. The average Bonchev–Trinajstić information content (AvgIpc) is 2.76. The maximum Gasteiger partial charge on any atom is 0.349 e. The highest BCUT2D eigenvalue weighted by Gasteiger charge is 2.22. The van der Waals surface area contributed by atoms with Crippen LogP contribution in [0.5, 0.6) is 11.5 Å². The number of hydrogen-bond acceptors (Lipinski definition) is 5. The number of fused-ring (bicyclic) bond motifs is 1. The van der Waals surface area contributed by atoms with Gasteiger partial charge in [-0.1, -0.05) is 47.5 Å². The van der Waals surface area contributed by atoms with E-state index in [0.717, 1.165) is 16.7 Å². The van der Waals surface area contributed by atoms with E-state index in [1.165, 1.54) is 0 Å². The largest absolute Gasteiger partial charge is 0.482 e. The van der Waals surface area contributed by atoms with Crippen molar-refractivity contribution in [1.29, 1.82) is 0 Å². The quantitative estimate of drug-likeness (QED) is 0.349. The number of halogens is 1. The molecule has 4 aromatic rings. The van der Waals surface area contributed by atoms with Crippen LogP contribution in [0.3, 0.4) is 0 Å². The molecule has 0 amide bonds. The van der Waals surface area contributed by atoms with E-state index in [-0.39, 0.29) is 18.1 Å². The lowest BCUT2D eigenvalue weighted by atomic mass is 10.0. The van der Waals surface area contributed by atoms with Crippen molar-refractivity contribution in [2.24, 2.45) is 0 Å². The van der Waals surface area contributed by atoms with Crippen LogP contribution in [0.25, 0.3) is 22.3 Å². The van der Waals surface area contributed by atoms with Crippen molar-refractivity contribution < 1.29 is 18.7 Å². The van der Waals surface area contributed by atoms with Crippen LogP contribution in [0.2, 0.25) is 5.02 Å². The molecule has 0 aliphatic carbocycles. The van der Waals surface area contributed by atoms with E-state index in [2.05, 4.69) is 0 Å². The fraction of sp³-hybridized carbons (Fsp3) is 0.154. The minimum atomic E-state index is -0.718. The van der Waals surface area contributed by atoms with Crippen LogP contribution in [0.4, 0.5) is 0 Å². The van der Waals surface area contributed by atoms with E-state index >= 15 is 0 Å². The molecule has 0 radical (unpaired) electrons. The molecule has 0 unspecified atom stereocenters. The third-order valence-electron chi connectivity index (χ3n) is 4.98. The molecule has 4 rings (SSSR count). The van der Waals surface area contributed by atoms with Crippen molar-refractivity contribution in [2.75, 3.05) is 6.61 Å². The molecule has 0 saturated heterocycles. The zero-order valence-corrected chi connectivity index (χ0v) is 18.7. The molecular formula is C26H21ClO5. The molecule has 0 saturated carbocycles. The van der Waals surface area contributed by atoms with Gasteiger partial charge in [0.15, 0.2) is 12.4 Å². The van der Waals surface area contributed by atoms with Crippen LogP contribution < -0.4 is 14.9 Å². The lowest BCUT2D eigenvalue weighted by molar-refractivity contribution is -0.136. The normalized spacial score (nSPS) is 10.9. The van der Waals surface area contributed by atoms with Gasteiger partial charge >= 0.3 is 5.97 Å². The number of aryl methyl sites for hydroxylation is 3. The summed E-state index contributed by atoms with van der Waals surface area (Å²) in [7, 11) is 0. The summed E-state index contributed by atoms with van der Waals surface area (Å²) in [6, 6.07) is 17.7.